The molecule has 24 heavy (non-hydrogen) atoms. The maximum atomic E-state index is 12.5. The molecular formula is C18H20O6. The molecule has 3 atom stereocenters. The Labute approximate surface area is 140 Å². The van der Waals surface area contributed by atoms with Crippen LogP contribution in [0.4, 0.5) is 0 Å². The van der Waals surface area contributed by atoms with Crippen molar-refractivity contribution in [3.63, 3.8) is 0 Å². The minimum absolute atomic E-state index is 0.0228. The number of aliphatic hydroxyl groups excluding tert-OH is 1. The van der Waals surface area contributed by atoms with Gasteiger partial charge in [-0.2, -0.15) is 0 Å². The maximum Gasteiger partial charge on any atom is 0.308 e. The molecule has 1 N–H and O–H groups in total. The van der Waals surface area contributed by atoms with Gasteiger partial charge in [-0.15, -0.1) is 0 Å². The van der Waals surface area contributed by atoms with Crippen molar-refractivity contribution in [1.29, 1.82) is 0 Å². The van der Waals surface area contributed by atoms with Gasteiger partial charge in [-0.05, 0) is 36.5 Å². The third-order valence-corrected chi connectivity index (χ3v) is 4.65. The first-order valence-corrected chi connectivity index (χ1v) is 7.82. The SMILES string of the molecule is COC1=CC2CC(=O)c3ccc(OC)c(OC(C)=O)c3C2CC1O. The molecule has 0 spiro atoms. The number of carbonyl (C=O) groups excluding carboxylic acids is 2. The van der Waals surface area contributed by atoms with Gasteiger partial charge in [0, 0.05) is 24.5 Å². The molecule has 128 valence electrons. The Bertz CT molecular complexity index is 720. The van der Waals surface area contributed by atoms with Gasteiger partial charge in [0.25, 0.3) is 0 Å². The summed E-state index contributed by atoms with van der Waals surface area (Å²) in [6.07, 6.45) is 1.78. The zero-order valence-corrected chi connectivity index (χ0v) is 13.9. The second-order valence-corrected chi connectivity index (χ2v) is 6.07. The highest BCUT2D eigenvalue weighted by Crippen LogP contribution is 2.50. The van der Waals surface area contributed by atoms with E-state index in [1.165, 1.54) is 21.1 Å². The van der Waals surface area contributed by atoms with Crippen LogP contribution in [0.25, 0.3) is 0 Å². The molecule has 6 heteroatoms. The van der Waals surface area contributed by atoms with Gasteiger partial charge in [0.2, 0.25) is 0 Å². The number of allylic oxidation sites excluding steroid dienone is 1. The van der Waals surface area contributed by atoms with E-state index in [1.54, 1.807) is 18.2 Å². The van der Waals surface area contributed by atoms with Crippen molar-refractivity contribution < 1.29 is 28.9 Å². The molecule has 1 aromatic carbocycles. The van der Waals surface area contributed by atoms with Gasteiger partial charge >= 0.3 is 5.97 Å². The second kappa shape index (κ2) is 6.28. The molecule has 3 rings (SSSR count). The fraction of sp³-hybridized carbons (Fsp3) is 0.444. The van der Waals surface area contributed by atoms with E-state index >= 15 is 0 Å². The fourth-order valence-electron chi connectivity index (χ4n) is 3.63. The highest BCUT2D eigenvalue weighted by atomic mass is 16.6. The van der Waals surface area contributed by atoms with Crippen molar-refractivity contribution in [2.24, 2.45) is 5.92 Å². The zero-order valence-electron chi connectivity index (χ0n) is 13.9. The lowest BCUT2D eigenvalue weighted by Gasteiger charge is -2.37. The number of benzene rings is 1. The van der Waals surface area contributed by atoms with Gasteiger partial charge < -0.3 is 19.3 Å². The summed E-state index contributed by atoms with van der Waals surface area (Å²) < 4.78 is 15.9. The van der Waals surface area contributed by atoms with Crippen LogP contribution in [0.2, 0.25) is 0 Å². The van der Waals surface area contributed by atoms with Gasteiger partial charge in [-0.1, -0.05) is 0 Å². The first-order valence-electron chi connectivity index (χ1n) is 7.82. The molecule has 0 fully saturated rings. The molecule has 0 aromatic heterocycles. The summed E-state index contributed by atoms with van der Waals surface area (Å²) in [6, 6.07) is 3.33. The largest absolute Gasteiger partial charge is 0.499 e. The standard InChI is InChI=1S/C18H20O6/c1-9(19)24-18-15(22-2)5-4-11-13(20)6-10-7-16(23-3)14(21)8-12(10)17(11)18/h4-5,7,10,12,14,21H,6,8H2,1-3H3. The van der Waals surface area contributed by atoms with E-state index in [1.807, 2.05) is 0 Å². The third-order valence-electron chi connectivity index (χ3n) is 4.65. The number of ketones is 1. The number of rotatable bonds is 3. The Morgan fingerprint density at radius 3 is 2.62 bits per heavy atom. The van der Waals surface area contributed by atoms with E-state index in [2.05, 4.69) is 0 Å². The van der Waals surface area contributed by atoms with E-state index in [-0.39, 0.29) is 23.4 Å². The van der Waals surface area contributed by atoms with Crippen LogP contribution in [-0.2, 0) is 9.53 Å². The zero-order chi connectivity index (χ0) is 17.4. The lowest BCUT2D eigenvalue weighted by atomic mass is 9.69. The Balaban J connectivity index is 2.17. The van der Waals surface area contributed by atoms with Crippen molar-refractivity contribution in [2.75, 3.05) is 14.2 Å². The summed E-state index contributed by atoms with van der Waals surface area (Å²) in [4.78, 5) is 24.1. The second-order valence-electron chi connectivity index (χ2n) is 6.07. The minimum atomic E-state index is -0.756. The average Bonchev–Trinajstić information content (AvgIpc) is 2.54. The Morgan fingerprint density at radius 2 is 2.00 bits per heavy atom. The molecule has 0 saturated heterocycles. The Morgan fingerprint density at radius 1 is 1.25 bits per heavy atom. The average molecular weight is 332 g/mol. The topological polar surface area (TPSA) is 82.1 Å². The summed E-state index contributed by atoms with van der Waals surface area (Å²) in [7, 11) is 2.98. The van der Waals surface area contributed by atoms with Gasteiger partial charge in [-0.3, -0.25) is 9.59 Å². The Hall–Kier alpha value is -2.34. The van der Waals surface area contributed by atoms with Gasteiger partial charge in [-0.25, -0.2) is 0 Å². The number of esters is 1. The first kappa shape index (κ1) is 16.5. The number of methoxy groups -OCH3 is 2. The molecule has 2 aliphatic rings. The van der Waals surface area contributed by atoms with Crippen LogP contribution in [0.3, 0.4) is 0 Å². The number of hydrogen-bond donors (Lipinski definition) is 1. The molecule has 0 saturated carbocycles. The lowest BCUT2D eigenvalue weighted by Crippen LogP contribution is -2.33. The van der Waals surface area contributed by atoms with Crippen molar-refractivity contribution in [1.82, 2.24) is 0 Å². The number of carbonyl (C=O) groups is 2. The monoisotopic (exact) mass is 332 g/mol. The molecule has 6 nitrogen and oxygen atoms in total. The van der Waals surface area contributed by atoms with Crippen LogP contribution in [0.5, 0.6) is 11.5 Å². The van der Waals surface area contributed by atoms with Crippen LogP contribution in [-0.4, -0.2) is 37.2 Å². The molecular weight excluding hydrogens is 312 g/mol. The van der Waals surface area contributed by atoms with Gasteiger partial charge in [0.15, 0.2) is 17.3 Å². The van der Waals surface area contributed by atoms with Crippen LogP contribution in [0.15, 0.2) is 24.0 Å². The van der Waals surface area contributed by atoms with Crippen LogP contribution >= 0.6 is 0 Å². The molecule has 0 amide bonds. The van der Waals surface area contributed by atoms with Crippen molar-refractivity contribution in [2.45, 2.75) is 31.8 Å². The molecule has 0 bridgehead atoms. The predicted octanol–water partition coefficient (Wildman–Crippen LogP) is 2.20. The highest BCUT2D eigenvalue weighted by molar-refractivity contribution is 6.00. The van der Waals surface area contributed by atoms with Crippen molar-refractivity contribution in [3.8, 4) is 11.5 Å². The third kappa shape index (κ3) is 2.67. The predicted molar refractivity (Wildman–Crippen MR) is 85.2 cm³/mol. The summed E-state index contributed by atoms with van der Waals surface area (Å²) in [5.74, 6) is 0.386. The van der Waals surface area contributed by atoms with E-state index < -0.39 is 12.1 Å². The van der Waals surface area contributed by atoms with E-state index in [4.69, 9.17) is 14.2 Å². The number of Topliss-reactive ketones (excluding diaryl/α,β-unsaturated/α-hetero) is 1. The summed E-state index contributed by atoms with van der Waals surface area (Å²) in [5.41, 5.74) is 1.16. The fourth-order valence-corrected chi connectivity index (χ4v) is 3.63. The molecule has 0 aliphatic heterocycles. The van der Waals surface area contributed by atoms with Crippen LogP contribution < -0.4 is 9.47 Å². The summed E-state index contributed by atoms with van der Waals surface area (Å²) >= 11 is 0. The number of fused-ring (bicyclic) bond motifs is 3. The smallest absolute Gasteiger partial charge is 0.308 e. The number of hydrogen-bond acceptors (Lipinski definition) is 6. The number of ether oxygens (including phenoxy) is 3. The van der Waals surface area contributed by atoms with Crippen molar-refractivity contribution in [3.05, 3.63) is 35.1 Å². The van der Waals surface area contributed by atoms with Crippen molar-refractivity contribution >= 4 is 11.8 Å². The van der Waals surface area contributed by atoms with Crippen LogP contribution in [0.1, 0.15) is 41.6 Å². The number of aliphatic hydroxyl groups is 1. The van der Waals surface area contributed by atoms with E-state index in [0.717, 1.165) is 0 Å². The highest BCUT2D eigenvalue weighted by Gasteiger charge is 2.41. The van der Waals surface area contributed by atoms with E-state index in [0.29, 0.717) is 35.5 Å². The van der Waals surface area contributed by atoms with E-state index in [9.17, 15) is 14.7 Å². The summed E-state index contributed by atoms with van der Waals surface area (Å²) in [5, 5.41) is 10.3. The van der Waals surface area contributed by atoms with Crippen LogP contribution in [0, 0.1) is 5.92 Å². The quantitative estimate of drug-likeness (QED) is 0.675. The molecule has 2 aliphatic carbocycles. The lowest BCUT2D eigenvalue weighted by molar-refractivity contribution is -0.132. The maximum absolute atomic E-state index is 12.5. The molecule has 0 radical (unpaired) electrons. The molecule has 1 aromatic rings. The van der Waals surface area contributed by atoms with Gasteiger partial charge in [0.1, 0.15) is 11.9 Å². The minimum Gasteiger partial charge on any atom is -0.499 e. The Kier molecular flexibility index (Phi) is 4.32. The van der Waals surface area contributed by atoms with Gasteiger partial charge in [0.05, 0.1) is 14.2 Å². The molecule has 3 unspecified atom stereocenters. The first-order chi connectivity index (χ1) is 11.5. The molecule has 0 heterocycles. The normalized spacial score (nSPS) is 25.2. The summed E-state index contributed by atoms with van der Waals surface area (Å²) in [6.45, 7) is 1.31.